The highest BCUT2D eigenvalue weighted by molar-refractivity contribution is 8.18. The Kier molecular flexibility index (Phi) is 7.78. The molecule has 3 rings (SSSR count). The minimum Gasteiger partial charge on any atom is -0.490 e. The van der Waals surface area contributed by atoms with Gasteiger partial charge < -0.3 is 19.9 Å². The largest absolute Gasteiger partial charge is 0.490 e. The standard InChI is InChI=1S/C22H18ClF3N2O5S/c1-3-32-17-8-12(4-7-16(17)33-11(2)20(30)31)9-18-19(29)28-21(34-18)27-13-5-6-15(23)14(10-13)22(24,25)26/h4-11H,3H2,1-2H3,(H,30,31)(H,27,28,29)/b18-9+. The van der Waals surface area contributed by atoms with E-state index in [0.29, 0.717) is 17.9 Å². The Morgan fingerprint density at radius 2 is 2.00 bits per heavy atom. The second-order valence-corrected chi connectivity index (χ2v) is 8.32. The molecule has 1 fully saturated rings. The van der Waals surface area contributed by atoms with Gasteiger partial charge in [-0.15, -0.1) is 0 Å². The Labute approximate surface area is 201 Å². The van der Waals surface area contributed by atoms with Crippen LogP contribution in [0.25, 0.3) is 6.08 Å². The molecular weight excluding hydrogens is 497 g/mol. The quantitative estimate of drug-likeness (QED) is 0.473. The van der Waals surface area contributed by atoms with Crippen molar-refractivity contribution >= 4 is 52.2 Å². The van der Waals surface area contributed by atoms with Crippen molar-refractivity contribution in [2.24, 2.45) is 4.99 Å². The van der Waals surface area contributed by atoms with E-state index in [2.05, 4.69) is 10.3 Å². The van der Waals surface area contributed by atoms with Crippen LogP contribution in [0.15, 0.2) is 46.3 Å². The summed E-state index contributed by atoms with van der Waals surface area (Å²) in [6, 6.07) is 7.91. The highest BCUT2D eigenvalue weighted by atomic mass is 35.5. The third-order valence-electron chi connectivity index (χ3n) is 4.35. The first kappa shape index (κ1) is 25.4. The van der Waals surface area contributed by atoms with E-state index in [4.69, 9.17) is 26.2 Å². The van der Waals surface area contributed by atoms with E-state index in [-0.39, 0.29) is 21.5 Å². The zero-order valence-corrected chi connectivity index (χ0v) is 19.3. The molecule has 0 aliphatic carbocycles. The smallest absolute Gasteiger partial charge is 0.417 e. The monoisotopic (exact) mass is 514 g/mol. The fourth-order valence-electron chi connectivity index (χ4n) is 2.77. The molecule has 180 valence electrons. The number of amides is 1. The average Bonchev–Trinajstić information content (AvgIpc) is 3.09. The molecule has 0 spiro atoms. The first-order valence-electron chi connectivity index (χ1n) is 9.80. The Bertz CT molecular complexity index is 1180. The molecule has 1 aliphatic rings. The number of alkyl halides is 3. The minimum atomic E-state index is -4.64. The number of carboxylic acids is 1. The molecular formula is C22H18ClF3N2O5S. The van der Waals surface area contributed by atoms with Gasteiger partial charge in [0.15, 0.2) is 22.8 Å². The Morgan fingerprint density at radius 3 is 2.65 bits per heavy atom. The molecule has 0 bridgehead atoms. The molecule has 12 heteroatoms. The molecule has 1 unspecified atom stereocenters. The lowest BCUT2D eigenvalue weighted by Gasteiger charge is -2.15. The van der Waals surface area contributed by atoms with Gasteiger partial charge in [0.1, 0.15) is 0 Å². The third kappa shape index (κ3) is 6.23. The second-order valence-electron chi connectivity index (χ2n) is 6.88. The summed E-state index contributed by atoms with van der Waals surface area (Å²) >= 11 is 6.57. The average molecular weight is 515 g/mol. The van der Waals surface area contributed by atoms with Crippen molar-refractivity contribution in [3.8, 4) is 11.5 Å². The summed E-state index contributed by atoms with van der Waals surface area (Å²) in [4.78, 5) is 27.7. The maximum absolute atomic E-state index is 13.1. The zero-order valence-electron chi connectivity index (χ0n) is 17.8. The van der Waals surface area contributed by atoms with E-state index in [1.807, 2.05) is 0 Å². The van der Waals surface area contributed by atoms with Crippen LogP contribution in [0.5, 0.6) is 11.5 Å². The van der Waals surface area contributed by atoms with Crippen LogP contribution in [-0.4, -0.2) is 34.9 Å². The topological polar surface area (TPSA) is 97.2 Å². The van der Waals surface area contributed by atoms with Gasteiger partial charge in [-0.25, -0.2) is 9.79 Å². The van der Waals surface area contributed by atoms with Crippen LogP contribution in [0.1, 0.15) is 25.0 Å². The van der Waals surface area contributed by atoms with E-state index in [1.165, 1.54) is 19.1 Å². The van der Waals surface area contributed by atoms with Crippen LogP contribution in [0.4, 0.5) is 18.9 Å². The molecule has 1 atom stereocenters. The molecule has 1 saturated heterocycles. The van der Waals surface area contributed by atoms with Crippen molar-refractivity contribution in [3.05, 3.63) is 57.5 Å². The summed E-state index contributed by atoms with van der Waals surface area (Å²) in [7, 11) is 0. The molecule has 2 aromatic carbocycles. The number of benzene rings is 2. The lowest BCUT2D eigenvalue weighted by Crippen LogP contribution is -2.23. The van der Waals surface area contributed by atoms with Gasteiger partial charge >= 0.3 is 12.1 Å². The molecule has 1 aliphatic heterocycles. The van der Waals surface area contributed by atoms with Gasteiger partial charge in [-0.3, -0.25) is 4.79 Å². The number of hydrogen-bond acceptors (Lipinski definition) is 6. The summed E-state index contributed by atoms with van der Waals surface area (Å²) in [5.41, 5.74) is -0.485. The summed E-state index contributed by atoms with van der Waals surface area (Å²) < 4.78 is 50.1. The van der Waals surface area contributed by atoms with Crippen molar-refractivity contribution < 1.29 is 37.3 Å². The Balaban J connectivity index is 1.84. The number of aliphatic imine (C=N–C) groups is 1. The van der Waals surface area contributed by atoms with Gasteiger partial charge in [0.25, 0.3) is 5.91 Å². The second kappa shape index (κ2) is 10.4. The predicted molar refractivity (Wildman–Crippen MR) is 123 cm³/mol. The van der Waals surface area contributed by atoms with Gasteiger partial charge in [-0.2, -0.15) is 13.2 Å². The number of amidine groups is 1. The fraction of sp³-hybridized carbons (Fsp3) is 0.227. The summed E-state index contributed by atoms with van der Waals surface area (Å²) in [6.45, 7) is 3.43. The van der Waals surface area contributed by atoms with Gasteiger partial charge in [-0.05, 0) is 67.6 Å². The van der Waals surface area contributed by atoms with Crippen LogP contribution >= 0.6 is 23.4 Å². The summed E-state index contributed by atoms with van der Waals surface area (Å²) in [5, 5.41) is 11.2. The molecule has 2 N–H and O–H groups in total. The van der Waals surface area contributed by atoms with E-state index in [1.54, 1.807) is 25.1 Å². The molecule has 0 aromatic heterocycles. The molecule has 1 amide bonds. The number of ether oxygens (including phenoxy) is 2. The van der Waals surface area contributed by atoms with Crippen molar-refractivity contribution in [2.75, 3.05) is 6.61 Å². The normalized spacial score (nSPS) is 17.1. The van der Waals surface area contributed by atoms with E-state index in [0.717, 1.165) is 23.9 Å². The van der Waals surface area contributed by atoms with E-state index in [9.17, 15) is 22.8 Å². The fourth-order valence-corrected chi connectivity index (χ4v) is 3.84. The number of carbonyl (C=O) groups is 2. The maximum Gasteiger partial charge on any atom is 0.417 e. The van der Waals surface area contributed by atoms with Crippen LogP contribution in [0.3, 0.4) is 0 Å². The SMILES string of the molecule is CCOc1cc(/C=C2/SC(=Nc3ccc(Cl)c(C(F)(F)F)c3)NC2=O)ccc1OC(C)C(=O)O. The van der Waals surface area contributed by atoms with E-state index >= 15 is 0 Å². The number of nitrogens with one attached hydrogen (secondary N) is 1. The van der Waals surface area contributed by atoms with Gasteiger partial charge in [0, 0.05) is 0 Å². The van der Waals surface area contributed by atoms with Gasteiger partial charge in [-0.1, -0.05) is 17.7 Å². The van der Waals surface area contributed by atoms with Gasteiger partial charge in [0.2, 0.25) is 0 Å². The number of halogens is 4. The molecule has 34 heavy (non-hydrogen) atoms. The van der Waals surface area contributed by atoms with Crippen LogP contribution < -0.4 is 14.8 Å². The van der Waals surface area contributed by atoms with Crippen molar-refractivity contribution in [3.63, 3.8) is 0 Å². The summed E-state index contributed by atoms with van der Waals surface area (Å²) in [6.07, 6.45) is -4.19. The van der Waals surface area contributed by atoms with Crippen molar-refractivity contribution in [1.82, 2.24) is 5.32 Å². The molecule has 0 radical (unpaired) electrons. The third-order valence-corrected chi connectivity index (χ3v) is 5.59. The van der Waals surface area contributed by atoms with E-state index < -0.39 is 34.7 Å². The van der Waals surface area contributed by atoms with Gasteiger partial charge in [0.05, 0.1) is 27.8 Å². The summed E-state index contributed by atoms with van der Waals surface area (Å²) in [5.74, 6) is -1.09. The Hall–Kier alpha value is -3.18. The number of carboxylic acid groups (broad SMARTS) is 1. The predicted octanol–water partition coefficient (Wildman–Crippen LogP) is 5.50. The van der Waals surface area contributed by atoms with Crippen LogP contribution in [0.2, 0.25) is 5.02 Å². The molecule has 2 aromatic rings. The lowest BCUT2D eigenvalue weighted by atomic mass is 10.2. The van der Waals surface area contributed by atoms with Crippen molar-refractivity contribution in [2.45, 2.75) is 26.1 Å². The van der Waals surface area contributed by atoms with Crippen LogP contribution in [0, 0.1) is 0 Å². The maximum atomic E-state index is 13.1. The number of hydrogen-bond donors (Lipinski definition) is 2. The molecule has 0 saturated carbocycles. The zero-order chi connectivity index (χ0) is 25.0. The lowest BCUT2D eigenvalue weighted by molar-refractivity contribution is -0.144. The minimum absolute atomic E-state index is 0.0199. The number of nitrogens with zero attached hydrogens (tertiary/aromatic N) is 1. The number of carbonyl (C=O) groups excluding carboxylic acids is 1. The number of thioether (sulfide) groups is 1. The molecule has 7 nitrogen and oxygen atoms in total. The first-order valence-corrected chi connectivity index (χ1v) is 11.0. The Morgan fingerprint density at radius 1 is 1.26 bits per heavy atom. The molecule has 1 heterocycles. The van der Waals surface area contributed by atoms with Crippen LogP contribution in [-0.2, 0) is 15.8 Å². The van der Waals surface area contributed by atoms with Crippen molar-refractivity contribution in [1.29, 1.82) is 0 Å². The number of rotatable bonds is 7. The highest BCUT2D eigenvalue weighted by Gasteiger charge is 2.33. The highest BCUT2D eigenvalue weighted by Crippen LogP contribution is 2.38. The first-order chi connectivity index (χ1) is 16.0. The number of aliphatic carboxylic acids is 1.